The third-order valence-electron chi connectivity index (χ3n) is 3.76. The molecule has 0 bridgehead atoms. The van der Waals surface area contributed by atoms with Gasteiger partial charge in [-0.25, -0.2) is 0 Å². The van der Waals surface area contributed by atoms with Crippen molar-refractivity contribution in [3.05, 3.63) is 81.2 Å². The summed E-state index contributed by atoms with van der Waals surface area (Å²) in [6.45, 7) is 1.59. The molecule has 0 fully saturated rings. The zero-order valence-electron chi connectivity index (χ0n) is 14.9. The molecule has 0 radical (unpaired) electrons. The molecule has 3 rings (SSSR count). The van der Waals surface area contributed by atoms with Gasteiger partial charge in [-0.2, -0.15) is 16.8 Å². The number of benzene rings is 3. The van der Waals surface area contributed by atoms with Gasteiger partial charge in [-0.3, -0.25) is 0 Å². The number of hydrogen-bond acceptors (Lipinski definition) is 6. The van der Waals surface area contributed by atoms with Crippen LogP contribution in [0.1, 0.15) is 5.56 Å². The lowest BCUT2D eigenvalue weighted by atomic mass is 10.2. The first-order valence-electron chi connectivity index (χ1n) is 8.08. The van der Waals surface area contributed by atoms with E-state index in [1.54, 1.807) is 31.2 Å². The fraction of sp³-hybridized carbons (Fsp3) is 0.0526. The molecule has 10 heteroatoms. The molecule has 0 saturated heterocycles. The molecule has 6 nitrogen and oxygen atoms in total. The van der Waals surface area contributed by atoms with E-state index in [1.807, 2.05) is 0 Å². The summed E-state index contributed by atoms with van der Waals surface area (Å²) in [4.78, 5) is -0.00487. The fourth-order valence-corrected chi connectivity index (χ4v) is 4.75. The van der Waals surface area contributed by atoms with E-state index in [9.17, 15) is 16.8 Å². The van der Waals surface area contributed by atoms with Gasteiger partial charge in [0.25, 0.3) is 0 Å². The van der Waals surface area contributed by atoms with Crippen LogP contribution < -0.4 is 8.37 Å². The Labute approximate surface area is 186 Å². The van der Waals surface area contributed by atoms with Crippen molar-refractivity contribution in [1.82, 2.24) is 0 Å². The Morgan fingerprint density at radius 2 is 1.10 bits per heavy atom. The van der Waals surface area contributed by atoms with E-state index in [2.05, 4.69) is 31.9 Å². The van der Waals surface area contributed by atoms with Gasteiger partial charge in [0.2, 0.25) is 0 Å². The molecule has 0 aliphatic heterocycles. The summed E-state index contributed by atoms with van der Waals surface area (Å²) in [5.74, 6) is 0.111. The summed E-state index contributed by atoms with van der Waals surface area (Å²) in [6, 6.07) is 16.1. The first-order chi connectivity index (χ1) is 13.6. The molecule has 0 aliphatic rings. The Balaban J connectivity index is 1.81. The minimum Gasteiger partial charge on any atom is -0.379 e. The molecule has 0 atom stereocenters. The third kappa shape index (κ3) is 5.39. The lowest BCUT2D eigenvalue weighted by Gasteiger charge is -2.12. The molecule has 3 aromatic carbocycles. The van der Waals surface area contributed by atoms with E-state index < -0.39 is 20.2 Å². The van der Waals surface area contributed by atoms with Gasteiger partial charge >= 0.3 is 20.2 Å². The highest BCUT2D eigenvalue weighted by Crippen LogP contribution is 2.29. The predicted octanol–water partition coefficient (Wildman–Crippen LogP) is 5.06. The second kappa shape index (κ2) is 8.47. The monoisotopic (exact) mass is 560 g/mol. The van der Waals surface area contributed by atoms with E-state index >= 15 is 0 Å². The normalized spacial score (nSPS) is 11.8. The maximum Gasteiger partial charge on any atom is 0.339 e. The molecule has 0 saturated carbocycles. The number of rotatable bonds is 6. The lowest BCUT2D eigenvalue weighted by Crippen LogP contribution is -2.11. The molecule has 0 N–H and O–H groups in total. The Kier molecular flexibility index (Phi) is 6.37. The zero-order chi connectivity index (χ0) is 21.2. The maximum absolute atomic E-state index is 12.4. The van der Waals surface area contributed by atoms with Crippen LogP contribution in [0.2, 0.25) is 0 Å². The summed E-state index contributed by atoms with van der Waals surface area (Å²) >= 11 is 6.48. The summed E-state index contributed by atoms with van der Waals surface area (Å²) in [5.41, 5.74) is 0.397. The summed E-state index contributed by atoms with van der Waals surface area (Å²) in [5, 5.41) is 0. The molecule has 0 heterocycles. The lowest BCUT2D eigenvalue weighted by molar-refractivity contribution is 0.476. The first kappa shape index (κ1) is 21.8. The molecule has 0 aromatic heterocycles. The average molecular weight is 562 g/mol. The van der Waals surface area contributed by atoms with Gasteiger partial charge in [-0.15, -0.1) is 0 Å². The van der Waals surface area contributed by atoms with E-state index in [0.717, 1.165) is 8.95 Å². The van der Waals surface area contributed by atoms with Gasteiger partial charge < -0.3 is 8.37 Å². The second-order valence-electron chi connectivity index (χ2n) is 5.91. The molecule has 152 valence electrons. The van der Waals surface area contributed by atoms with Gasteiger partial charge in [0.05, 0.1) is 0 Å². The van der Waals surface area contributed by atoms with E-state index in [0.29, 0.717) is 5.56 Å². The van der Waals surface area contributed by atoms with Gasteiger partial charge in [-0.1, -0.05) is 31.9 Å². The molecule has 3 aromatic rings. The molecular formula is C19H14Br2O6S2. The summed E-state index contributed by atoms with van der Waals surface area (Å²) in [7, 11) is -8.06. The smallest absolute Gasteiger partial charge is 0.339 e. The van der Waals surface area contributed by atoms with Crippen molar-refractivity contribution in [3.63, 3.8) is 0 Å². The van der Waals surface area contributed by atoms with Crippen molar-refractivity contribution >= 4 is 52.1 Å². The van der Waals surface area contributed by atoms with E-state index in [1.165, 1.54) is 42.5 Å². The van der Waals surface area contributed by atoms with Crippen LogP contribution in [0.25, 0.3) is 0 Å². The summed E-state index contributed by atoms with van der Waals surface area (Å²) in [6.07, 6.45) is 0. The fourth-order valence-electron chi connectivity index (χ4n) is 2.31. The van der Waals surface area contributed by atoms with Crippen molar-refractivity contribution in [1.29, 1.82) is 0 Å². The predicted molar refractivity (Wildman–Crippen MR) is 115 cm³/mol. The van der Waals surface area contributed by atoms with Gasteiger partial charge in [0.1, 0.15) is 21.3 Å². The number of aryl methyl sites for hydroxylation is 1. The molecule has 0 amide bonds. The van der Waals surface area contributed by atoms with Crippen molar-refractivity contribution in [2.24, 2.45) is 0 Å². The average Bonchev–Trinajstić information content (AvgIpc) is 2.64. The van der Waals surface area contributed by atoms with E-state index in [4.69, 9.17) is 8.37 Å². The van der Waals surface area contributed by atoms with Crippen LogP contribution in [0, 0.1) is 6.92 Å². The van der Waals surface area contributed by atoms with Crippen molar-refractivity contribution in [2.75, 3.05) is 0 Å². The highest BCUT2D eigenvalue weighted by molar-refractivity contribution is 9.10. The maximum atomic E-state index is 12.4. The van der Waals surface area contributed by atoms with Crippen molar-refractivity contribution < 1.29 is 25.2 Å². The number of halogens is 2. The van der Waals surface area contributed by atoms with E-state index in [-0.39, 0.29) is 21.3 Å². The van der Waals surface area contributed by atoms with Crippen LogP contribution in [-0.4, -0.2) is 16.8 Å². The third-order valence-corrected chi connectivity index (χ3v) is 7.32. The Hall–Kier alpha value is -1.88. The van der Waals surface area contributed by atoms with Crippen LogP contribution in [0.3, 0.4) is 0 Å². The van der Waals surface area contributed by atoms with Crippen LogP contribution >= 0.6 is 31.9 Å². The molecular weight excluding hydrogens is 548 g/mol. The van der Waals surface area contributed by atoms with Crippen LogP contribution in [-0.2, 0) is 20.2 Å². The van der Waals surface area contributed by atoms with Crippen LogP contribution in [0.15, 0.2) is 85.5 Å². The second-order valence-corrected chi connectivity index (χ2v) is 10.8. The highest BCUT2D eigenvalue weighted by atomic mass is 79.9. The van der Waals surface area contributed by atoms with Crippen molar-refractivity contribution in [3.8, 4) is 11.5 Å². The summed E-state index contributed by atoms with van der Waals surface area (Å²) < 4.78 is 61.4. The largest absolute Gasteiger partial charge is 0.379 e. The minimum atomic E-state index is -4.03. The van der Waals surface area contributed by atoms with Gasteiger partial charge in [-0.05, 0) is 79.2 Å². The minimum absolute atomic E-state index is 0.00163. The molecule has 0 unspecified atom stereocenters. The van der Waals surface area contributed by atoms with Crippen molar-refractivity contribution in [2.45, 2.75) is 16.7 Å². The van der Waals surface area contributed by atoms with Gasteiger partial charge in [0, 0.05) is 8.95 Å². The SMILES string of the molecule is Cc1cc(OS(=O)(=O)c2ccc(Br)cc2)ccc1OS(=O)(=O)c1ccc(Br)cc1. The Morgan fingerprint density at radius 1 is 0.655 bits per heavy atom. The quantitative estimate of drug-likeness (QED) is 0.391. The van der Waals surface area contributed by atoms with Crippen LogP contribution in [0.5, 0.6) is 11.5 Å². The molecule has 0 aliphatic carbocycles. The topological polar surface area (TPSA) is 86.7 Å². The number of hydrogen-bond donors (Lipinski definition) is 0. The molecule has 0 spiro atoms. The zero-order valence-corrected chi connectivity index (χ0v) is 19.7. The first-order valence-corrected chi connectivity index (χ1v) is 12.5. The van der Waals surface area contributed by atoms with Crippen LogP contribution in [0.4, 0.5) is 0 Å². The Bertz CT molecular complexity index is 1240. The highest BCUT2D eigenvalue weighted by Gasteiger charge is 2.20. The van der Waals surface area contributed by atoms with Gasteiger partial charge in [0.15, 0.2) is 0 Å². The Morgan fingerprint density at radius 3 is 1.55 bits per heavy atom. The molecule has 29 heavy (non-hydrogen) atoms. The standard InChI is InChI=1S/C19H14Br2O6S2/c1-13-12-16(26-28(22,23)17-7-2-14(20)3-8-17)6-11-19(13)27-29(24,25)18-9-4-15(21)5-10-18/h2-12H,1H3.